The highest BCUT2D eigenvalue weighted by atomic mass is 16.5. The van der Waals surface area contributed by atoms with Crippen LogP contribution < -0.4 is 15.0 Å². The molecule has 0 aliphatic heterocycles. The van der Waals surface area contributed by atoms with E-state index in [2.05, 4.69) is 10.1 Å². The van der Waals surface area contributed by atoms with Crippen LogP contribution in [0.3, 0.4) is 0 Å². The molecule has 148 valence electrons. The Balaban J connectivity index is 1.94. The van der Waals surface area contributed by atoms with Gasteiger partial charge in [-0.1, -0.05) is 18.2 Å². The van der Waals surface area contributed by atoms with Crippen LogP contribution in [0.15, 0.2) is 48.5 Å². The molecular weight excluding hydrogens is 360 g/mol. The largest absolute Gasteiger partial charge is 0.496 e. The summed E-state index contributed by atoms with van der Waals surface area (Å²) in [4.78, 5) is 37.2. The Morgan fingerprint density at radius 3 is 2.29 bits per heavy atom. The summed E-state index contributed by atoms with van der Waals surface area (Å²) in [5, 5.41) is 2.83. The van der Waals surface area contributed by atoms with Gasteiger partial charge < -0.3 is 19.7 Å². The Bertz CT molecular complexity index is 833. The van der Waals surface area contributed by atoms with E-state index in [4.69, 9.17) is 4.74 Å². The molecule has 2 rings (SSSR count). The zero-order chi connectivity index (χ0) is 20.5. The molecule has 2 amide bonds. The molecule has 2 aromatic carbocycles. The van der Waals surface area contributed by atoms with E-state index in [1.807, 2.05) is 24.3 Å². The summed E-state index contributed by atoms with van der Waals surface area (Å²) in [5.74, 6) is -0.109. The van der Waals surface area contributed by atoms with Gasteiger partial charge in [0.2, 0.25) is 11.8 Å². The summed E-state index contributed by atoms with van der Waals surface area (Å²) in [6.45, 7) is 2.00. The molecule has 28 heavy (non-hydrogen) atoms. The van der Waals surface area contributed by atoms with Crippen LogP contribution in [0.5, 0.6) is 5.75 Å². The summed E-state index contributed by atoms with van der Waals surface area (Å²) in [6, 6.07) is 13.9. The van der Waals surface area contributed by atoms with Crippen LogP contribution in [0.4, 0.5) is 5.69 Å². The number of esters is 1. The van der Waals surface area contributed by atoms with Crippen LogP contribution in [-0.4, -0.2) is 38.5 Å². The van der Waals surface area contributed by atoms with Crippen molar-refractivity contribution in [1.29, 1.82) is 0 Å². The van der Waals surface area contributed by atoms with Gasteiger partial charge in [0.25, 0.3) is 0 Å². The zero-order valence-electron chi connectivity index (χ0n) is 16.2. The van der Waals surface area contributed by atoms with Gasteiger partial charge in [0.05, 0.1) is 19.8 Å². The predicted molar refractivity (Wildman–Crippen MR) is 105 cm³/mol. The molecule has 2 aromatic rings. The lowest BCUT2D eigenvalue weighted by molar-refractivity contribution is -0.121. The number of carbonyl (C=O) groups excluding carboxylic acids is 3. The first-order valence-corrected chi connectivity index (χ1v) is 8.81. The summed E-state index contributed by atoms with van der Waals surface area (Å²) in [6.07, 6.45) is 0.146. The highest BCUT2D eigenvalue weighted by molar-refractivity contribution is 5.94. The summed E-state index contributed by atoms with van der Waals surface area (Å²) in [5.41, 5.74) is 1.88. The molecule has 7 heteroatoms. The Labute approximate surface area is 164 Å². The zero-order valence-corrected chi connectivity index (χ0v) is 16.2. The second-order valence-corrected chi connectivity index (χ2v) is 6.05. The Hall–Kier alpha value is -3.35. The van der Waals surface area contributed by atoms with Crippen LogP contribution in [0.1, 0.15) is 29.3 Å². The van der Waals surface area contributed by atoms with Crippen LogP contribution in [-0.2, 0) is 20.9 Å². The second kappa shape index (κ2) is 10.1. The first-order valence-electron chi connectivity index (χ1n) is 8.81. The van der Waals surface area contributed by atoms with Gasteiger partial charge in [-0.15, -0.1) is 0 Å². The normalized spacial score (nSPS) is 10.1. The fourth-order valence-corrected chi connectivity index (χ4v) is 2.71. The standard InChI is InChI=1S/C21H24N2O5/c1-15(24)23(18-10-8-16(9-11-18)21(26)28-3)13-12-20(25)22-14-17-6-4-5-7-19(17)27-2/h4-11H,12-14H2,1-3H3,(H,22,25). The summed E-state index contributed by atoms with van der Waals surface area (Å²) in [7, 11) is 2.89. The van der Waals surface area contributed by atoms with Crippen molar-refractivity contribution in [2.45, 2.75) is 19.9 Å². The second-order valence-electron chi connectivity index (χ2n) is 6.05. The molecule has 0 spiro atoms. The maximum atomic E-state index is 12.2. The van der Waals surface area contributed by atoms with Crippen molar-refractivity contribution in [3.8, 4) is 5.75 Å². The minimum atomic E-state index is -0.448. The number of hydrogen-bond donors (Lipinski definition) is 1. The fraction of sp³-hybridized carbons (Fsp3) is 0.286. The Morgan fingerprint density at radius 2 is 1.68 bits per heavy atom. The van der Waals surface area contributed by atoms with E-state index < -0.39 is 5.97 Å². The van der Waals surface area contributed by atoms with E-state index in [1.165, 1.54) is 18.9 Å². The van der Waals surface area contributed by atoms with Crippen molar-refractivity contribution in [3.05, 3.63) is 59.7 Å². The number of benzene rings is 2. The van der Waals surface area contributed by atoms with E-state index in [-0.39, 0.29) is 24.8 Å². The monoisotopic (exact) mass is 384 g/mol. The lowest BCUT2D eigenvalue weighted by Gasteiger charge is -2.21. The molecule has 0 atom stereocenters. The molecule has 0 saturated heterocycles. The number of anilines is 1. The highest BCUT2D eigenvalue weighted by Crippen LogP contribution is 2.18. The molecule has 0 aliphatic rings. The van der Waals surface area contributed by atoms with E-state index in [0.29, 0.717) is 23.5 Å². The van der Waals surface area contributed by atoms with Crippen molar-refractivity contribution >= 4 is 23.5 Å². The van der Waals surface area contributed by atoms with Gasteiger partial charge >= 0.3 is 5.97 Å². The van der Waals surface area contributed by atoms with Crippen LogP contribution in [0.25, 0.3) is 0 Å². The minimum Gasteiger partial charge on any atom is -0.496 e. The molecule has 0 radical (unpaired) electrons. The molecule has 0 saturated carbocycles. The van der Waals surface area contributed by atoms with Crippen LogP contribution in [0.2, 0.25) is 0 Å². The molecule has 0 heterocycles. The average molecular weight is 384 g/mol. The lowest BCUT2D eigenvalue weighted by atomic mass is 10.2. The average Bonchev–Trinajstić information content (AvgIpc) is 2.72. The molecular formula is C21H24N2O5. The third-order valence-corrected chi connectivity index (χ3v) is 4.21. The van der Waals surface area contributed by atoms with Gasteiger partial charge in [-0.3, -0.25) is 9.59 Å². The van der Waals surface area contributed by atoms with Gasteiger partial charge in [-0.25, -0.2) is 4.79 Å². The quantitative estimate of drug-likeness (QED) is 0.707. The van der Waals surface area contributed by atoms with E-state index in [0.717, 1.165) is 5.56 Å². The van der Waals surface area contributed by atoms with Crippen molar-refractivity contribution in [2.75, 3.05) is 25.7 Å². The molecule has 0 aromatic heterocycles. The minimum absolute atomic E-state index is 0.146. The maximum Gasteiger partial charge on any atom is 0.337 e. The van der Waals surface area contributed by atoms with E-state index in [9.17, 15) is 14.4 Å². The van der Waals surface area contributed by atoms with E-state index >= 15 is 0 Å². The van der Waals surface area contributed by atoms with Crippen LogP contribution in [0, 0.1) is 0 Å². The Morgan fingerprint density at radius 1 is 1.00 bits per heavy atom. The maximum absolute atomic E-state index is 12.2. The molecule has 1 N–H and O–H groups in total. The molecule has 0 aliphatic carbocycles. The van der Waals surface area contributed by atoms with Gasteiger partial charge in [0.15, 0.2) is 0 Å². The number of carbonyl (C=O) groups is 3. The number of ether oxygens (including phenoxy) is 2. The van der Waals surface area contributed by atoms with Crippen LogP contribution >= 0.6 is 0 Å². The number of nitrogens with zero attached hydrogens (tertiary/aromatic N) is 1. The number of methoxy groups -OCH3 is 2. The van der Waals surface area contributed by atoms with Gasteiger partial charge in [-0.05, 0) is 30.3 Å². The molecule has 7 nitrogen and oxygen atoms in total. The van der Waals surface area contributed by atoms with Crippen molar-refractivity contribution < 1.29 is 23.9 Å². The number of hydrogen-bond acceptors (Lipinski definition) is 5. The van der Waals surface area contributed by atoms with Gasteiger partial charge in [0, 0.05) is 37.7 Å². The van der Waals surface area contributed by atoms with E-state index in [1.54, 1.807) is 31.4 Å². The topological polar surface area (TPSA) is 84.9 Å². The van der Waals surface area contributed by atoms with Crippen molar-refractivity contribution in [1.82, 2.24) is 5.32 Å². The number of rotatable bonds is 8. The van der Waals surface area contributed by atoms with Crippen molar-refractivity contribution in [2.24, 2.45) is 0 Å². The van der Waals surface area contributed by atoms with Gasteiger partial charge in [0.1, 0.15) is 5.75 Å². The Kier molecular flexibility index (Phi) is 7.56. The fourth-order valence-electron chi connectivity index (χ4n) is 2.71. The number of nitrogens with one attached hydrogen (secondary N) is 1. The molecule has 0 fully saturated rings. The van der Waals surface area contributed by atoms with Gasteiger partial charge in [-0.2, -0.15) is 0 Å². The molecule has 0 unspecified atom stereocenters. The first kappa shape index (κ1) is 21.0. The number of para-hydroxylation sites is 1. The SMILES string of the molecule is COC(=O)c1ccc(N(CCC(=O)NCc2ccccc2OC)C(C)=O)cc1. The first-order chi connectivity index (χ1) is 13.5. The summed E-state index contributed by atoms with van der Waals surface area (Å²) >= 11 is 0. The highest BCUT2D eigenvalue weighted by Gasteiger charge is 2.15. The lowest BCUT2D eigenvalue weighted by Crippen LogP contribution is -2.33. The number of amides is 2. The third-order valence-electron chi connectivity index (χ3n) is 4.21. The summed E-state index contributed by atoms with van der Waals surface area (Å²) < 4.78 is 9.92. The predicted octanol–water partition coefficient (Wildman–Crippen LogP) is 2.54. The molecule has 0 bridgehead atoms. The van der Waals surface area contributed by atoms with Crippen molar-refractivity contribution in [3.63, 3.8) is 0 Å². The third kappa shape index (κ3) is 5.57. The smallest absolute Gasteiger partial charge is 0.337 e.